The number of amides is 1. The number of carbonyl (C=O) groups is 1. The zero-order valence-electron chi connectivity index (χ0n) is 13.5. The zero-order valence-corrected chi connectivity index (χ0v) is 13.5. The Morgan fingerprint density at radius 1 is 1.04 bits per heavy atom. The molecule has 4 nitrogen and oxygen atoms in total. The average molecular weight is 317 g/mol. The largest absolute Gasteiger partial charge is 0.493 e. The third-order valence-corrected chi connectivity index (χ3v) is 3.67. The number of halogens is 1. The second-order valence-electron chi connectivity index (χ2n) is 5.12. The Bertz CT molecular complexity index is 670. The van der Waals surface area contributed by atoms with Gasteiger partial charge in [0.15, 0.2) is 11.5 Å². The summed E-state index contributed by atoms with van der Waals surface area (Å²) in [5, 5.41) is 0. The zero-order chi connectivity index (χ0) is 16.8. The van der Waals surface area contributed by atoms with E-state index in [9.17, 15) is 9.18 Å². The van der Waals surface area contributed by atoms with Gasteiger partial charge in [-0.05, 0) is 36.2 Å². The molecule has 0 atom stereocenters. The van der Waals surface area contributed by atoms with Gasteiger partial charge in [0.05, 0.1) is 14.2 Å². The number of carbonyl (C=O) groups excluding carboxylic acids is 1. The van der Waals surface area contributed by atoms with Crippen molar-refractivity contribution in [3.05, 3.63) is 53.8 Å². The molecule has 0 saturated heterocycles. The van der Waals surface area contributed by atoms with Crippen LogP contribution in [0.25, 0.3) is 0 Å². The highest BCUT2D eigenvalue weighted by atomic mass is 19.1. The Morgan fingerprint density at radius 3 is 2.30 bits per heavy atom. The lowest BCUT2D eigenvalue weighted by Crippen LogP contribution is -2.26. The first-order valence-electron chi connectivity index (χ1n) is 7.28. The van der Waals surface area contributed by atoms with Crippen molar-refractivity contribution in [2.24, 2.45) is 0 Å². The quantitative estimate of drug-likeness (QED) is 0.819. The van der Waals surface area contributed by atoms with Crippen LogP contribution in [0.5, 0.6) is 11.5 Å². The van der Waals surface area contributed by atoms with E-state index in [4.69, 9.17) is 9.47 Å². The van der Waals surface area contributed by atoms with Gasteiger partial charge in [-0.15, -0.1) is 0 Å². The molecule has 23 heavy (non-hydrogen) atoms. The van der Waals surface area contributed by atoms with Crippen molar-refractivity contribution in [1.29, 1.82) is 0 Å². The van der Waals surface area contributed by atoms with Gasteiger partial charge in [0.2, 0.25) is 5.91 Å². The van der Waals surface area contributed by atoms with Gasteiger partial charge in [-0.2, -0.15) is 0 Å². The second-order valence-corrected chi connectivity index (χ2v) is 5.12. The lowest BCUT2D eigenvalue weighted by Gasteiger charge is -2.19. The van der Waals surface area contributed by atoms with E-state index in [-0.39, 0.29) is 11.7 Å². The number of benzene rings is 2. The fourth-order valence-corrected chi connectivity index (χ4v) is 2.25. The summed E-state index contributed by atoms with van der Waals surface area (Å²) in [6.45, 7) is 0. The number of hydrogen-bond donors (Lipinski definition) is 0. The van der Waals surface area contributed by atoms with Crippen molar-refractivity contribution in [3.63, 3.8) is 0 Å². The normalized spacial score (nSPS) is 10.3. The van der Waals surface area contributed by atoms with Crippen LogP contribution in [0, 0.1) is 5.82 Å². The van der Waals surface area contributed by atoms with Crippen LogP contribution in [-0.4, -0.2) is 27.2 Å². The fraction of sp³-hybridized carbons (Fsp3) is 0.278. The van der Waals surface area contributed by atoms with Gasteiger partial charge >= 0.3 is 0 Å². The van der Waals surface area contributed by atoms with E-state index in [1.807, 2.05) is 0 Å². The lowest BCUT2D eigenvalue weighted by atomic mass is 10.1. The number of aryl methyl sites for hydroxylation is 1. The highest BCUT2D eigenvalue weighted by molar-refractivity contribution is 5.93. The van der Waals surface area contributed by atoms with Gasteiger partial charge in [0.25, 0.3) is 0 Å². The molecule has 0 aliphatic carbocycles. The SMILES string of the molecule is COc1ccc(N(C)C(=O)CCc2ccc(F)cc2)cc1OC. The van der Waals surface area contributed by atoms with E-state index in [0.29, 0.717) is 24.3 Å². The van der Waals surface area contributed by atoms with Gasteiger partial charge in [-0.3, -0.25) is 4.79 Å². The van der Waals surface area contributed by atoms with Gasteiger partial charge in [-0.25, -0.2) is 4.39 Å². The number of hydrogen-bond acceptors (Lipinski definition) is 3. The van der Waals surface area contributed by atoms with E-state index in [0.717, 1.165) is 11.3 Å². The van der Waals surface area contributed by atoms with Crippen LogP contribution in [0.3, 0.4) is 0 Å². The van der Waals surface area contributed by atoms with Crippen LogP contribution in [-0.2, 0) is 11.2 Å². The van der Waals surface area contributed by atoms with Gasteiger partial charge in [-0.1, -0.05) is 12.1 Å². The summed E-state index contributed by atoms with van der Waals surface area (Å²) in [7, 11) is 4.83. The van der Waals surface area contributed by atoms with Crippen molar-refractivity contribution >= 4 is 11.6 Å². The van der Waals surface area contributed by atoms with Crippen molar-refractivity contribution in [2.75, 3.05) is 26.2 Å². The van der Waals surface area contributed by atoms with Crippen molar-refractivity contribution in [3.8, 4) is 11.5 Å². The van der Waals surface area contributed by atoms with Crippen LogP contribution >= 0.6 is 0 Å². The van der Waals surface area contributed by atoms with Crippen molar-refractivity contribution < 1.29 is 18.7 Å². The predicted octanol–water partition coefficient (Wildman–Crippen LogP) is 3.44. The van der Waals surface area contributed by atoms with E-state index < -0.39 is 0 Å². The molecule has 0 aromatic heterocycles. The molecule has 0 heterocycles. The molecule has 0 aliphatic rings. The molecule has 0 N–H and O–H groups in total. The first-order valence-corrected chi connectivity index (χ1v) is 7.28. The Morgan fingerprint density at radius 2 is 1.70 bits per heavy atom. The number of nitrogens with zero attached hydrogens (tertiary/aromatic N) is 1. The van der Waals surface area contributed by atoms with Gasteiger partial charge in [0.1, 0.15) is 5.82 Å². The molecule has 0 unspecified atom stereocenters. The van der Waals surface area contributed by atoms with Crippen molar-refractivity contribution in [1.82, 2.24) is 0 Å². The molecule has 1 amide bonds. The number of ether oxygens (including phenoxy) is 2. The molecule has 5 heteroatoms. The molecule has 2 aromatic rings. The third-order valence-electron chi connectivity index (χ3n) is 3.67. The topological polar surface area (TPSA) is 38.8 Å². The summed E-state index contributed by atoms with van der Waals surface area (Å²) in [4.78, 5) is 13.9. The Balaban J connectivity index is 2.03. The minimum Gasteiger partial charge on any atom is -0.493 e. The third kappa shape index (κ3) is 4.22. The molecule has 2 aromatic carbocycles. The number of methoxy groups -OCH3 is 2. The lowest BCUT2D eigenvalue weighted by molar-refractivity contribution is -0.118. The first kappa shape index (κ1) is 16.8. The van der Waals surface area contributed by atoms with Crippen LogP contribution in [0.4, 0.5) is 10.1 Å². The summed E-state index contributed by atoms with van der Waals surface area (Å²) < 4.78 is 23.3. The van der Waals surface area contributed by atoms with E-state index >= 15 is 0 Å². The number of rotatable bonds is 6. The van der Waals surface area contributed by atoms with Gasteiger partial charge in [0, 0.05) is 25.2 Å². The highest BCUT2D eigenvalue weighted by Gasteiger charge is 2.13. The summed E-state index contributed by atoms with van der Waals surface area (Å²) >= 11 is 0. The predicted molar refractivity (Wildman–Crippen MR) is 87.7 cm³/mol. The highest BCUT2D eigenvalue weighted by Crippen LogP contribution is 2.31. The average Bonchev–Trinajstić information content (AvgIpc) is 2.59. The summed E-state index contributed by atoms with van der Waals surface area (Å²) in [6.07, 6.45) is 0.910. The van der Waals surface area contributed by atoms with E-state index in [2.05, 4.69) is 0 Å². The monoisotopic (exact) mass is 317 g/mol. The molecule has 0 saturated carbocycles. The molecular formula is C18H20FNO3. The molecule has 122 valence electrons. The summed E-state index contributed by atoms with van der Waals surface area (Å²) in [5.41, 5.74) is 1.66. The Kier molecular flexibility index (Phi) is 5.57. The standard InChI is InChI=1S/C18H20FNO3/c1-20(15-9-10-16(22-2)17(12-15)23-3)18(21)11-6-13-4-7-14(19)8-5-13/h4-5,7-10,12H,6,11H2,1-3H3. The van der Waals surface area contributed by atoms with E-state index in [1.54, 1.807) is 56.5 Å². The van der Waals surface area contributed by atoms with Crippen molar-refractivity contribution in [2.45, 2.75) is 12.8 Å². The second kappa shape index (κ2) is 7.63. The van der Waals surface area contributed by atoms with Crippen LogP contribution in [0.1, 0.15) is 12.0 Å². The molecule has 0 bridgehead atoms. The van der Waals surface area contributed by atoms with Crippen LogP contribution < -0.4 is 14.4 Å². The minimum atomic E-state index is -0.275. The first-order chi connectivity index (χ1) is 11.0. The molecular weight excluding hydrogens is 297 g/mol. The molecule has 0 radical (unpaired) electrons. The fourth-order valence-electron chi connectivity index (χ4n) is 2.25. The molecule has 0 fully saturated rings. The maximum Gasteiger partial charge on any atom is 0.227 e. The maximum atomic E-state index is 12.9. The number of anilines is 1. The summed E-state index contributed by atoms with van der Waals surface area (Å²) in [6, 6.07) is 11.5. The van der Waals surface area contributed by atoms with E-state index in [1.165, 1.54) is 12.1 Å². The van der Waals surface area contributed by atoms with Crippen LogP contribution in [0.2, 0.25) is 0 Å². The maximum absolute atomic E-state index is 12.9. The van der Waals surface area contributed by atoms with Crippen LogP contribution in [0.15, 0.2) is 42.5 Å². The molecule has 0 aliphatic heterocycles. The Labute approximate surface area is 135 Å². The minimum absolute atomic E-state index is 0.0263. The Hall–Kier alpha value is -2.56. The van der Waals surface area contributed by atoms with Gasteiger partial charge < -0.3 is 14.4 Å². The molecule has 0 spiro atoms. The summed E-state index contributed by atoms with van der Waals surface area (Å²) in [5.74, 6) is 0.885. The molecule has 2 rings (SSSR count). The smallest absolute Gasteiger partial charge is 0.227 e.